The van der Waals surface area contributed by atoms with Crippen LogP contribution < -0.4 is 15.5 Å². The minimum Gasteiger partial charge on any atom is -0.453 e. The molecule has 0 bridgehead atoms. The Morgan fingerprint density at radius 3 is 2.66 bits per heavy atom. The monoisotopic (exact) mass is 563 g/mol. The number of carbonyl (C=O) groups excluding carboxylic acids is 1. The Bertz CT molecular complexity index is 1830. The Hall–Kier alpha value is -4.21. The first-order valence-electron chi connectivity index (χ1n) is 14.0. The quantitative estimate of drug-likeness (QED) is 0.255. The maximum Gasteiger partial charge on any atom is 0.256 e. The number of ether oxygens (including phenoxy) is 1. The molecule has 41 heavy (non-hydrogen) atoms. The van der Waals surface area contributed by atoms with Crippen LogP contribution in [0.15, 0.2) is 83.0 Å². The van der Waals surface area contributed by atoms with Gasteiger partial charge in [-0.2, -0.15) is 0 Å². The Kier molecular flexibility index (Phi) is 6.90. The lowest BCUT2D eigenvalue weighted by Gasteiger charge is -2.25. The van der Waals surface area contributed by atoms with Gasteiger partial charge in [-0.15, -0.1) is 11.8 Å². The number of hydrogen-bond donors (Lipinski definition) is 1. The predicted octanol–water partition coefficient (Wildman–Crippen LogP) is 5.20. The van der Waals surface area contributed by atoms with Crippen molar-refractivity contribution in [3.05, 3.63) is 94.8 Å². The minimum atomic E-state index is -0.351. The van der Waals surface area contributed by atoms with Gasteiger partial charge in [-0.25, -0.2) is 0 Å². The molecular weight excluding hydrogens is 534 g/mol. The number of thioether (sulfide) groups is 1. The standard InChI is InChI=1S/C32H29N5O3S/c38-31-25-17-24(41-14-7-23-19-33-8-9-34-23)18-29-30(25)37(20-26(31)32(39)35-10-13-36-11-3-4-12-36)27-15-21-5-1-2-6-22(21)16-28(27)40-29/h1-2,5-6,8-9,15-20H,3-4,7,10-14H2,(H,35,39). The molecule has 5 aromatic rings. The lowest BCUT2D eigenvalue weighted by molar-refractivity contribution is 0.0948. The van der Waals surface area contributed by atoms with Crippen molar-refractivity contribution < 1.29 is 9.53 Å². The van der Waals surface area contributed by atoms with Gasteiger partial charge in [0.15, 0.2) is 11.5 Å². The molecule has 9 heteroatoms. The molecule has 1 amide bonds. The van der Waals surface area contributed by atoms with Gasteiger partial charge < -0.3 is 19.5 Å². The Balaban J connectivity index is 1.28. The van der Waals surface area contributed by atoms with E-state index in [-0.39, 0.29) is 16.9 Å². The number of aromatic nitrogens is 3. The fraction of sp³-hybridized carbons (Fsp3) is 0.250. The smallest absolute Gasteiger partial charge is 0.256 e. The molecule has 1 saturated heterocycles. The van der Waals surface area contributed by atoms with Crippen molar-refractivity contribution in [2.45, 2.75) is 24.2 Å². The molecule has 2 aromatic heterocycles. The highest BCUT2D eigenvalue weighted by Crippen LogP contribution is 2.43. The molecule has 0 saturated carbocycles. The summed E-state index contributed by atoms with van der Waals surface area (Å²) in [6.07, 6.45) is 9.93. The van der Waals surface area contributed by atoms with E-state index in [1.54, 1.807) is 36.5 Å². The topological polar surface area (TPSA) is 89.4 Å². The highest BCUT2D eigenvalue weighted by Gasteiger charge is 2.25. The molecule has 0 spiro atoms. The van der Waals surface area contributed by atoms with Gasteiger partial charge >= 0.3 is 0 Å². The largest absolute Gasteiger partial charge is 0.453 e. The molecule has 2 aliphatic heterocycles. The van der Waals surface area contributed by atoms with E-state index in [1.165, 1.54) is 12.8 Å². The van der Waals surface area contributed by atoms with E-state index in [0.29, 0.717) is 28.9 Å². The van der Waals surface area contributed by atoms with Crippen molar-refractivity contribution in [1.82, 2.24) is 24.8 Å². The lowest BCUT2D eigenvalue weighted by atomic mass is 10.0. The van der Waals surface area contributed by atoms with Gasteiger partial charge in [-0.3, -0.25) is 19.6 Å². The average Bonchev–Trinajstić information content (AvgIpc) is 3.51. The van der Waals surface area contributed by atoms with Crippen LogP contribution in [0.4, 0.5) is 0 Å². The van der Waals surface area contributed by atoms with Gasteiger partial charge in [-0.1, -0.05) is 24.3 Å². The first-order valence-corrected chi connectivity index (χ1v) is 15.0. The second-order valence-corrected chi connectivity index (χ2v) is 11.6. The van der Waals surface area contributed by atoms with Crippen molar-refractivity contribution in [2.75, 3.05) is 31.9 Å². The molecule has 8 nitrogen and oxygen atoms in total. The zero-order valence-electron chi connectivity index (χ0n) is 22.5. The summed E-state index contributed by atoms with van der Waals surface area (Å²) in [5.41, 5.74) is 2.22. The normalized spacial score (nSPS) is 14.2. The van der Waals surface area contributed by atoms with Crippen LogP contribution in [0.1, 0.15) is 28.9 Å². The van der Waals surface area contributed by atoms with Crippen LogP contribution in [-0.4, -0.2) is 57.3 Å². The number of amides is 1. The van der Waals surface area contributed by atoms with E-state index in [0.717, 1.165) is 58.9 Å². The highest BCUT2D eigenvalue weighted by molar-refractivity contribution is 7.99. The number of likely N-dealkylation sites (tertiary alicyclic amines) is 1. The van der Waals surface area contributed by atoms with Crippen molar-refractivity contribution in [1.29, 1.82) is 0 Å². The van der Waals surface area contributed by atoms with Gasteiger partial charge in [0.1, 0.15) is 11.1 Å². The lowest BCUT2D eigenvalue weighted by Crippen LogP contribution is -2.36. The first-order chi connectivity index (χ1) is 20.1. The van der Waals surface area contributed by atoms with Crippen LogP contribution >= 0.6 is 11.8 Å². The van der Waals surface area contributed by atoms with Gasteiger partial charge in [-0.05, 0) is 61.0 Å². The number of nitrogens with zero attached hydrogens (tertiary/aromatic N) is 4. The summed E-state index contributed by atoms with van der Waals surface area (Å²) < 4.78 is 8.38. The average molecular weight is 564 g/mol. The maximum absolute atomic E-state index is 13.8. The molecule has 2 aliphatic rings. The van der Waals surface area contributed by atoms with Crippen molar-refractivity contribution in [2.24, 2.45) is 0 Å². The highest BCUT2D eigenvalue weighted by atomic mass is 32.2. The molecular formula is C32H29N5O3S. The summed E-state index contributed by atoms with van der Waals surface area (Å²) in [4.78, 5) is 39.0. The van der Waals surface area contributed by atoms with Crippen molar-refractivity contribution >= 4 is 39.3 Å². The molecule has 1 fully saturated rings. The molecule has 4 heterocycles. The zero-order valence-corrected chi connectivity index (χ0v) is 23.3. The Labute approximate surface area is 241 Å². The molecule has 0 radical (unpaired) electrons. The van der Waals surface area contributed by atoms with E-state index in [2.05, 4.69) is 26.3 Å². The molecule has 0 aliphatic carbocycles. The summed E-state index contributed by atoms with van der Waals surface area (Å²) in [6, 6.07) is 16.0. The van der Waals surface area contributed by atoms with Crippen LogP contribution in [-0.2, 0) is 6.42 Å². The van der Waals surface area contributed by atoms with Crippen molar-refractivity contribution in [3.63, 3.8) is 0 Å². The third-order valence-electron chi connectivity index (χ3n) is 7.74. The number of hydrogen-bond acceptors (Lipinski definition) is 7. The third kappa shape index (κ3) is 5.07. The molecule has 0 unspecified atom stereocenters. The predicted molar refractivity (Wildman–Crippen MR) is 162 cm³/mol. The van der Waals surface area contributed by atoms with Gasteiger partial charge in [0.2, 0.25) is 5.43 Å². The van der Waals surface area contributed by atoms with E-state index in [4.69, 9.17) is 4.74 Å². The summed E-state index contributed by atoms with van der Waals surface area (Å²) in [5, 5.41) is 5.57. The van der Waals surface area contributed by atoms with Gasteiger partial charge in [0, 0.05) is 54.9 Å². The molecule has 7 rings (SSSR count). The number of nitrogens with one attached hydrogen (secondary N) is 1. The van der Waals surface area contributed by atoms with Crippen molar-refractivity contribution in [3.8, 4) is 17.2 Å². The summed E-state index contributed by atoms with van der Waals surface area (Å²) in [6.45, 7) is 3.41. The van der Waals surface area contributed by atoms with E-state index < -0.39 is 0 Å². The number of aryl methyl sites for hydroxylation is 1. The number of rotatable bonds is 8. The van der Waals surface area contributed by atoms with Crippen LogP contribution in [0.2, 0.25) is 0 Å². The molecule has 0 atom stereocenters. The fourth-order valence-electron chi connectivity index (χ4n) is 5.67. The number of pyridine rings is 1. The minimum absolute atomic E-state index is 0.132. The van der Waals surface area contributed by atoms with E-state index in [9.17, 15) is 9.59 Å². The van der Waals surface area contributed by atoms with Gasteiger partial charge in [0.05, 0.1) is 16.8 Å². The SMILES string of the molecule is O=C(NCCN1CCCC1)c1cn2c3c(cc(SCCc4cnccn4)cc3c1=O)Oc1cc3ccccc3cc1-2. The number of fused-ring (bicyclic) bond motifs is 3. The van der Waals surface area contributed by atoms with E-state index >= 15 is 0 Å². The zero-order chi connectivity index (χ0) is 27.8. The number of carbonyl (C=O) groups is 1. The second-order valence-electron chi connectivity index (χ2n) is 10.4. The summed E-state index contributed by atoms with van der Waals surface area (Å²) in [5.74, 6) is 1.69. The van der Waals surface area contributed by atoms with Crippen LogP contribution in [0.5, 0.6) is 11.5 Å². The second kappa shape index (κ2) is 11.0. The molecule has 3 aromatic carbocycles. The van der Waals surface area contributed by atoms with Crippen LogP contribution in [0.25, 0.3) is 27.4 Å². The fourth-order valence-corrected chi connectivity index (χ4v) is 6.61. The van der Waals surface area contributed by atoms with Gasteiger partial charge in [0.25, 0.3) is 5.91 Å². The van der Waals surface area contributed by atoms with Crippen LogP contribution in [0, 0.1) is 0 Å². The molecule has 206 valence electrons. The van der Waals surface area contributed by atoms with E-state index in [1.807, 2.05) is 47.0 Å². The maximum atomic E-state index is 13.8. The van der Waals surface area contributed by atoms with Crippen LogP contribution in [0.3, 0.4) is 0 Å². The Morgan fingerprint density at radius 2 is 1.85 bits per heavy atom. The Morgan fingerprint density at radius 1 is 1.02 bits per heavy atom. The first kappa shape index (κ1) is 25.7. The molecule has 1 N–H and O–H groups in total. The summed E-state index contributed by atoms with van der Waals surface area (Å²) >= 11 is 1.62. The number of benzene rings is 3. The summed E-state index contributed by atoms with van der Waals surface area (Å²) in [7, 11) is 0. The third-order valence-corrected chi connectivity index (χ3v) is 8.72.